The third kappa shape index (κ3) is 1.62. The van der Waals surface area contributed by atoms with Gasteiger partial charge in [-0.25, -0.2) is 4.89 Å². The Hall–Kier alpha value is -1.17. The average Bonchev–Trinajstić information content (AvgIpc) is 2.44. The van der Waals surface area contributed by atoms with E-state index in [9.17, 15) is 0 Å². The standard InChI is InChI=1S/C8H8N2O2S/c11-12-4-5-1-2-6-7(3-5)10-8(13)9-6/h1-3,11H,4H2,(H2,9,10,13). The summed E-state index contributed by atoms with van der Waals surface area (Å²) in [5.74, 6) is 0. The number of imidazole rings is 1. The summed E-state index contributed by atoms with van der Waals surface area (Å²) in [5.41, 5.74) is 2.76. The number of hydrogen-bond donors (Lipinski definition) is 3. The molecule has 0 amide bonds. The summed E-state index contributed by atoms with van der Waals surface area (Å²) in [6.45, 7) is 0.182. The molecule has 5 heteroatoms. The molecule has 0 bridgehead atoms. The highest BCUT2D eigenvalue weighted by Gasteiger charge is 1.98. The molecule has 13 heavy (non-hydrogen) atoms. The maximum Gasteiger partial charge on any atom is 0.175 e. The van der Waals surface area contributed by atoms with E-state index in [-0.39, 0.29) is 6.61 Å². The van der Waals surface area contributed by atoms with Gasteiger partial charge >= 0.3 is 0 Å². The fourth-order valence-corrected chi connectivity index (χ4v) is 1.46. The predicted octanol–water partition coefficient (Wildman–Crippen LogP) is 2.22. The number of aromatic amines is 2. The maximum absolute atomic E-state index is 8.26. The van der Waals surface area contributed by atoms with Crippen molar-refractivity contribution in [3.05, 3.63) is 28.5 Å². The van der Waals surface area contributed by atoms with E-state index in [1.165, 1.54) is 0 Å². The SMILES string of the molecule is OOCc1ccc2[nH]c(=S)[nH]c2c1. The van der Waals surface area contributed by atoms with E-state index in [0.29, 0.717) is 4.77 Å². The normalized spacial score (nSPS) is 10.8. The summed E-state index contributed by atoms with van der Waals surface area (Å²) in [4.78, 5) is 10.00. The highest BCUT2D eigenvalue weighted by atomic mass is 32.1. The largest absolute Gasteiger partial charge is 0.331 e. The van der Waals surface area contributed by atoms with Crippen LogP contribution in [-0.2, 0) is 11.5 Å². The van der Waals surface area contributed by atoms with Gasteiger partial charge in [0.2, 0.25) is 0 Å². The molecule has 0 saturated carbocycles. The van der Waals surface area contributed by atoms with Gasteiger partial charge in [0.15, 0.2) is 4.77 Å². The molecule has 2 aromatic rings. The molecule has 1 aromatic heterocycles. The molecule has 0 radical (unpaired) electrons. The van der Waals surface area contributed by atoms with Crippen LogP contribution in [0.1, 0.15) is 5.56 Å². The number of hydrogen-bond acceptors (Lipinski definition) is 3. The zero-order chi connectivity index (χ0) is 9.26. The van der Waals surface area contributed by atoms with Crippen LogP contribution in [-0.4, -0.2) is 15.2 Å². The third-order valence-electron chi connectivity index (χ3n) is 1.81. The summed E-state index contributed by atoms with van der Waals surface area (Å²) >= 11 is 4.93. The predicted molar refractivity (Wildman–Crippen MR) is 50.9 cm³/mol. The summed E-state index contributed by atoms with van der Waals surface area (Å²) in [7, 11) is 0. The molecule has 0 fully saturated rings. The second kappa shape index (κ2) is 3.29. The fraction of sp³-hybridized carbons (Fsp3) is 0.125. The van der Waals surface area contributed by atoms with Crippen LogP contribution >= 0.6 is 12.2 Å². The lowest BCUT2D eigenvalue weighted by Crippen LogP contribution is -1.86. The Morgan fingerprint density at radius 3 is 2.85 bits per heavy atom. The van der Waals surface area contributed by atoms with Crippen molar-refractivity contribution >= 4 is 23.3 Å². The van der Waals surface area contributed by atoms with Crippen molar-refractivity contribution in [1.29, 1.82) is 0 Å². The molecule has 4 nitrogen and oxygen atoms in total. The smallest absolute Gasteiger partial charge is 0.175 e. The molecule has 0 unspecified atom stereocenters. The Morgan fingerprint density at radius 1 is 1.31 bits per heavy atom. The molecule has 0 aliphatic heterocycles. The Bertz CT molecular complexity index is 474. The lowest BCUT2D eigenvalue weighted by atomic mass is 10.2. The van der Waals surface area contributed by atoms with Gasteiger partial charge in [-0.2, -0.15) is 0 Å². The Morgan fingerprint density at radius 2 is 2.08 bits per heavy atom. The number of H-pyrrole nitrogens is 2. The van der Waals surface area contributed by atoms with Crippen LogP contribution in [0.3, 0.4) is 0 Å². The van der Waals surface area contributed by atoms with Gasteiger partial charge in [-0.1, -0.05) is 6.07 Å². The minimum atomic E-state index is 0.182. The van der Waals surface area contributed by atoms with Crippen LogP contribution in [0, 0.1) is 4.77 Å². The van der Waals surface area contributed by atoms with Crippen molar-refractivity contribution in [3.63, 3.8) is 0 Å². The first-order valence-corrected chi connectivity index (χ1v) is 4.18. The summed E-state index contributed by atoms with van der Waals surface area (Å²) in [6.07, 6.45) is 0. The first-order valence-electron chi connectivity index (χ1n) is 3.77. The van der Waals surface area contributed by atoms with Crippen molar-refractivity contribution in [1.82, 2.24) is 9.97 Å². The quantitative estimate of drug-likeness (QED) is 0.392. The van der Waals surface area contributed by atoms with Gasteiger partial charge in [-0.15, -0.1) is 0 Å². The van der Waals surface area contributed by atoms with Crippen LogP contribution in [0.25, 0.3) is 11.0 Å². The number of benzene rings is 1. The van der Waals surface area contributed by atoms with Crippen molar-refractivity contribution in [2.75, 3.05) is 0 Å². The zero-order valence-corrected chi connectivity index (χ0v) is 7.52. The molecule has 0 spiro atoms. The Labute approximate surface area is 79.1 Å². The van der Waals surface area contributed by atoms with E-state index in [1.54, 1.807) is 0 Å². The zero-order valence-electron chi connectivity index (χ0n) is 6.70. The minimum Gasteiger partial charge on any atom is -0.331 e. The lowest BCUT2D eigenvalue weighted by molar-refractivity contribution is -0.252. The van der Waals surface area contributed by atoms with E-state index in [2.05, 4.69) is 14.9 Å². The molecule has 68 valence electrons. The fourth-order valence-electron chi connectivity index (χ4n) is 1.24. The van der Waals surface area contributed by atoms with Gasteiger partial charge in [0.05, 0.1) is 11.0 Å². The van der Waals surface area contributed by atoms with Gasteiger partial charge in [0.1, 0.15) is 6.61 Å². The third-order valence-corrected chi connectivity index (χ3v) is 2.02. The van der Waals surface area contributed by atoms with Crippen LogP contribution in [0.2, 0.25) is 0 Å². The summed E-state index contributed by atoms with van der Waals surface area (Å²) in [6, 6.07) is 5.62. The van der Waals surface area contributed by atoms with E-state index in [0.717, 1.165) is 16.6 Å². The van der Waals surface area contributed by atoms with Crippen LogP contribution in [0.15, 0.2) is 18.2 Å². The number of aromatic nitrogens is 2. The molecule has 1 aromatic carbocycles. The molecule has 1 heterocycles. The molecule has 0 saturated heterocycles. The monoisotopic (exact) mass is 196 g/mol. The van der Waals surface area contributed by atoms with Crippen molar-refractivity contribution in [2.24, 2.45) is 0 Å². The van der Waals surface area contributed by atoms with Crippen LogP contribution < -0.4 is 0 Å². The van der Waals surface area contributed by atoms with Crippen molar-refractivity contribution < 1.29 is 10.1 Å². The lowest BCUT2D eigenvalue weighted by Gasteiger charge is -1.96. The summed E-state index contributed by atoms with van der Waals surface area (Å²) < 4.78 is 0.595. The highest BCUT2D eigenvalue weighted by molar-refractivity contribution is 7.71. The van der Waals surface area contributed by atoms with E-state index in [1.807, 2.05) is 18.2 Å². The average molecular weight is 196 g/mol. The summed E-state index contributed by atoms with van der Waals surface area (Å²) in [5, 5.41) is 8.26. The highest BCUT2D eigenvalue weighted by Crippen LogP contribution is 2.12. The van der Waals surface area contributed by atoms with E-state index in [4.69, 9.17) is 17.5 Å². The number of fused-ring (bicyclic) bond motifs is 1. The van der Waals surface area contributed by atoms with Gasteiger partial charge in [-0.05, 0) is 29.9 Å². The Kier molecular flexibility index (Phi) is 2.13. The Balaban J connectivity index is 2.54. The van der Waals surface area contributed by atoms with Gasteiger partial charge in [-0.3, -0.25) is 5.26 Å². The molecule has 2 rings (SSSR count). The molecular weight excluding hydrogens is 188 g/mol. The molecule has 0 aliphatic rings. The van der Waals surface area contributed by atoms with E-state index < -0.39 is 0 Å². The van der Waals surface area contributed by atoms with Crippen molar-refractivity contribution in [2.45, 2.75) is 6.61 Å². The van der Waals surface area contributed by atoms with E-state index >= 15 is 0 Å². The molecule has 0 atom stereocenters. The first kappa shape index (κ1) is 8.43. The minimum absolute atomic E-state index is 0.182. The first-order chi connectivity index (χ1) is 6.29. The molecule has 0 aliphatic carbocycles. The molecular formula is C8H8N2O2S. The van der Waals surface area contributed by atoms with Crippen molar-refractivity contribution in [3.8, 4) is 0 Å². The molecule has 3 N–H and O–H groups in total. The van der Waals surface area contributed by atoms with Crippen LogP contribution in [0.5, 0.6) is 0 Å². The topological polar surface area (TPSA) is 61.0 Å². The van der Waals surface area contributed by atoms with Crippen LogP contribution in [0.4, 0.5) is 0 Å². The second-order valence-corrected chi connectivity index (χ2v) is 3.14. The van der Waals surface area contributed by atoms with Gasteiger partial charge in [0, 0.05) is 0 Å². The number of nitrogens with one attached hydrogen (secondary N) is 2. The van der Waals surface area contributed by atoms with Gasteiger partial charge < -0.3 is 9.97 Å². The van der Waals surface area contributed by atoms with Gasteiger partial charge in [0.25, 0.3) is 0 Å². The second-order valence-electron chi connectivity index (χ2n) is 2.73. The number of rotatable bonds is 2. The maximum atomic E-state index is 8.26.